The molecule has 170 valence electrons. The van der Waals surface area contributed by atoms with Gasteiger partial charge >= 0.3 is 0 Å². The third-order valence-corrected chi connectivity index (χ3v) is 6.69. The summed E-state index contributed by atoms with van der Waals surface area (Å²) in [4.78, 5) is 18.2. The lowest BCUT2D eigenvalue weighted by atomic mass is 10.1. The van der Waals surface area contributed by atoms with Crippen LogP contribution < -0.4 is 4.74 Å². The largest absolute Gasteiger partial charge is 0.473 e. The first-order valence-corrected chi connectivity index (χ1v) is 11.4. The molecule has 0 atom stereocenters. The second kappa shape index (κ2) is 9.45. The molecule has 3 aromatic rings. The van der Waals surface area contributed by atoms with Gasteiger partial charge in [0.2, 0.25) is 5.88 Å². The molecule has 2 aromatic heterocycles. The summed E-state index contributed by atoms with van der Waals surface area (Å²) in [6, 6.07) is 9.09. The van der Waals surface area contributed by atoms with Gasteiger partial charge in [0, 0.05) is 30.9 Å². The van der Waals surface area contributed by atoms with Crippen LogP contribution in [0.4, 0.5) is 4.39 Å². The maximum Gasteiger partial charge on any atom is 0.255 e. The monoisotopic (exact) mass is 463 g/mol. The van der Waals surface area contributed by atoms with E-state index in [1.54, 1.807) is 31.2 Å². The van der Waals surface area contributed by atoms with E-state index in [2.05, 4.69) is 10.1 Å². The van der Waals surface area contributed by atoms with Gasteiger partial charge in [-0.2, -0.15) is 0 Å². The summed E-state index contributed by atoms with van der Waals surface area (Å²) in [5.74, 6) is 0.229. The Balaban J connectivity index is 0.00000289. The fourth-order valence-corrected chi connectivity index (χ4v) is 4.43. The standard InChI is InChI=1S/C21H20FN3O5S.H2O/c1-14-18(20(24-30-14)15-2-5-17(22)6-3-15)13-29-19-7-4-16(12-23-19)21(26)25-8-10-31(27,28)11-9-25;/h2-7,12H,8-11,13H2,1H3;1H2. The second-order valence-electron chi connectivity index (χ2n) is 7.19. The van der Waals surface area contributed by atoms with Crippen molar-refractivity contribution in [1.29, 1.82) is 0 Å². The lowest BCUT2D eigenvalue weighted by Crippen LogP contribution is -2.43. The summed E-state index contributed by atoms with van der Waals surface area (Å²) in [5.41, 5.74) is 2.33. The summed E-state index contributed by atoms with van der Waals surface area (Å²) in [7, 11) is -3.06. The number of ether oxygens (including phenoxy) is 1. The number of sulfone groups is 1. The van der Waals surface area contributed by atoms with Crippen LogP contribution in [0.3, 0.4) is 0 Å². The average molecular weight is 463 g/mol. The number of hydrogen-bond donors (Lipinski definition) is 0. The second-order valence-corrected chi connectivity index (χ2v) is 9.49. The molecule has 1 fully saturated rings. The van der Waals surface area contributed by atoms with Gasteiger partial charge in [0.25, 0.3) is 5.91 Å². The minimum atomic E-state index is -3.06. The molecular weight excluding hydrogens is 441 g/mol. The van der Waals surface area contributed by atoms with Gasteiger partial charge < -0.3 is 19.6 Å². The number of carbonyl (C=O) groups excluding carboxylic acids is 1. The van der Waals surface area contributed by atoms with Crippen molar-refractivity contribution in [3.8, 4) is 17.1 Å². The molecule has 32 heavy (non-hydrogen) atoms. The normalized spacial score (nSPS) is 15.1. The number of pyridine rings is 1. The number of aryl methyl sites for hydroxylation is 1. The van der Waals surface area contributed by atoms with E-state index in [1.165, 1.54) is 23.2 Å². The molecular formula is C21H22FN3O6S. The molecule has 1 aliphatic heterocycles. The summed E-state index contributed by atoms with van der Waals surface area (Å²) in [6.45, 7) is 2.25. The van der Waals surface area contributed by atoms with Gasteiger partial charge in [-0.3, -0.25) is 4.79 Å². The average Bonchev–Trinajstić information content (AvgIpc) is 3.13. The molecule has 0 aliphatic carbocycles. The van der Waals surface area contributed by atoms with Crippen molar-refractivity contribution in [1.82, 2.24) is 15.0 Å². The molecule has 9 nitrogen and oxygen atoms in total. The van der Waals surface area contributed by atoms with Crippen molar-refractivity contribution in [2.24, 2.45) is 0 Å². The van der Waals surface area contributed by atoms with Crippen LogP contribution >= 0.6 is 0 Å². The molecule has 0 unspecified atom stereocenters. The smallest absolute Gasteiger partial charge is 0.255 e. The van der Waals surface area contributed by atoms with Crippen molar-refractivity contribution >= 4 is 15.7 Å². The summed E-state index contributed by atoms with van der Waals surface area (Å²) >= 11 is 0. The van der Waals surface area contributed by atoms with Crippen LogP contribution in [-0.2, 0) is 16.4 Å². The first-order valence-electron chi connectivity index (χ1n) is 9.62. The highest BCUT2D eigenvalue weighted by atomic mass is 32.2. The lowest BCUT2D eigenvalue weighted by Gasteiger charge is -2.26. The van der Waals surface area contributed by atoms with Crippen molar-refractivity contribution in [3.05, 3.63) is 65.3 Å². The Labute approximate surface area is 184 Å². The highest BCUT2D eigenvalue weighted by molar-refractivity contribution is 7.91. The van der Waals surface area contributed by atoms with Gasteiger partial charge in [-0.05, 0) is 37.3 Å². The van der Waals surface area contributed by atoms with Crippen LogP contribution in [0, 0.1) is 12.7 Å². The number of amides is 1. The number of benzene rings is 1. The minimum Gasteiger partial charge on any atom is -0.473 e. The predicted octanol–water partition coefficient (Wildman–Crippen LogP) is 1.81. The van der Waals surface area contributed by atoms with Crippen molar-refractivity contribution in [3.63, 3.8) is 0 Å². The SMILES string of the molecule is Cc1onc(-c2ccc(F)cc2)c1COc1ccc(C(=O)N2CCS(=O)(=O)CC2)cn1.O. The van der Waals surface area contributed by atoms with Crippen molar-refractivity contribution < 1.29 is 32.3 Å². The topological polar surface area (TPSA) is 134 Å². The third-order valence-electron chi connectivity index (χ3n) is 5.08. The number of carbonyl (C=O) groups is 1. The molecule has 0 radical (unpaired) electrons. The fourth-order valence-electron chi connectivity index (χ4n) is 3.23. The minimum absolute atomic E-state index is 0. The molecule has 11 heteroatoms. The summed E-state index contributed by atoms with van der Waals surface area (Å²) < 4.78 is 47.2. The van der Waals surface area contributed by atoms with E-state index < -0.39 is 9.84 Å². The molecule has 2 N–H and O–H groups in total. The molecule has 3 heterocycles. The molecule has 0 bridgehead atoms. The Morgan fingerprint density at radius 1 is 1.16 bits per heavy atom. The quantitative estimate of drug-likeness (QED) is 0.563. The first-order chi connectivity index (χ1) is 14.8. The van der Waals surface area contributed by atoms with Gasteiger partial charge in [-0.1, -0.05) is 5.16 Å². The van der Waals surface area contributed by atoms with Crippen LogP contribution in [-0.4, -0.2) is 59.4 Å². The van der Waals surface area contributed by atoms with Crippen LogP contribution in [0.1, 0.15) is 21.7 Å². The van der Waals surface area contributed by atoms with Gasteiger partial charge in [-0.25, -0.2) is 17.8 Å². The number of halogens is 1. The van der Waals surface area contributed by atoms with Crippen LogP contribution in [0.2, 0.25) is 0 Å². The predicted molar refractivity (Wildman–Crippen MR) is 113 cm³/mol. The number of rotatable bonds is 5. The molecule has 4 rings (SSSR count). The van der Waals surface area contributed by atoms with E-state index >= 15 is 0 Å². The molecule has 1 aromatic carbocycles. The Bertz CT molecular complexity index is 1180. The van der Waals surface area contributed by atoms with Gasteiger partial charge in [0.05, 0.1) is 22.6 Å². The zero-order valence-electron chi connectivity index (χ0n) is 17.2. The van der Waals surface area contributed by atoms with Gasteiger partial charge in [-0.15, -0.1) is 0 Å². The maximum absolute atomic E-state index is 13.2. The Morgan fingerprint density at radius 3 is 2.47 bits per heavy atom. The van der Waals surface area contributed by atoms with E-state index in [4.69, 9.17) is 9.26 Å². The van der Waals surface area contributed by atoms with E-state index in [9.17, 15) is 17.6 Å². The Hall–Kier alpha value is -3.31. The number of nitrogens with zero attached hydrogens (tertiary/aromatic N) is 3. The Morgan fingerprint density at radius 2 is 1.84 bits per heavy atom. The van der Waals surface area contributed by atoms with Gasteiger partial charge in [0.15, 0.2) is 9.84 Å². The van der Waals surface area contributed by atoms with E-state index in [-0.39, 0.29) is 48.4 Å². The van der Waals surface area contributed by atoms with Crippen molar-refractivity contribution in [2.75, 3.05) is 24.6 Å². The molecule has 0 spiro atoms. The van der Waals surface area contributed by atoms with Crippen LogP contribution in [0.25, 0.3) is 11.3 Å². The van der Waals surface area contributed by atoms with E-state index in [1.807, 2.05) is 0 Å². The van der Waals surface area contributed by atoms with E-state index in [0.717, 1.165) is 0 Å². The van der Waals surface area contributed by atoms with Crippen LogP contribution in [0.5, 0.6) is 5.88 Å². The third kappa shape index (κ3) is 5.11. The zero-order valence-corrected chi connectivity index (χ0v) is 18.1. The fraction of sp³-hybridized carbons (Fsp3) is 0.286. The highest BCUT2D eigenvalue weighted by Crippen LogP contribution is 2.26. The van der Waals surface area contributed by atoms with E-state index in [0.29, 0.717) is 34.0 Å². The zero-order chi connectivity index (χ0) is 22.0. The van der Waals surface area contributed by atoms with Crippen molar-refractivity contribution in [2.45, 2.75) is 13.5 Å². The highest BCUT2D eigenvalue weighted by Gasteiger charge is 2.26. The lowest BCUT2D eigenvalue weighted by molar-refractivity contribution is 0.0769. The van der Waals surface area contributed by atoms with Gasteiger partial charge in [0.1, 0.15) is 23.9 Å². The number of aromatic nitrogens is 2. The molecule has 1 saturated heterocycles. The Kier molecular flexibility index (Phi) is 6.90. The summed E-state index contributed by atoms with van der Waals surface area (Å²) in [5, 5.41) is 4.04. The molecule has 1 amide bonds. The molecule has 1 aliphatic rings. The summed E-state index contributed by atoms with van der Waals surface area (Å²) in [6.07, 6.45) is 1.40. The first kappa shape index (κ1) is 23.4. The molecule has 0 saturated carbocycles. The van der Waals surface area contributed by atoms with Crippen LogP contribution in [0.15, 0.2) is 47.1 Å². The number of hydrogen-bond acceptors (Lipinski definition) is 7. The maximum atomic E-state index is 13.2.